The van der Waals surface area contributed by atoms with Gasteiger partial charge in [0.05, 0.1) is 0 Å². The molecule has 0 saturated heterocycles. The molecular formula is C14H17NOS. The first-order chi connectivity index (χ1) is 8.28. The van der Waals surface area contributed by atoms with Crippen LogP contribution in [0.5, 0.6) is 0 Å². The van der Waals surface area contributed by atoms with E-state index in [1.165, 1.54) is 15.3 Å². The van der Waals surface area contributed by atoms with E-state index < -0.39 is 0 Å². The number of aliphatic hydroxyl groups is 1. The van der Waals surface area contributed by atoms with E-state index in [1.54, 1.807) is 0 Å². The molecule has 0 unspecified atom stereocenters. The summed E-state index contributed by atoms with van der Waals surface area (Å²) in [7, 11) is 0. The zero-order valence-electron chi connectivity index (χ0n) is 9.94. The number of thiophene rings is 1. The van der Waals surface area contributed by atoms with E-state index in [1.807, 2.05) is 11.3 Å². The minimum atomic E-state index is 0.210. The van der Waals surface area contributed by atoms with Gasteiger partial charge < -0.3 is 10.4 Å². The van der Waals surface area contributed by atoms with Gasteiger partial charge in [0.25, 0.3) is 0 Å². The predicted molar refractivity (Wildman–Crippen MR) is 73.6 cm³/mol. The van der Waals surface area contributed by atoms with E-state index in [0.717, 1.165) is 18.7 Å². The number of nitrogens with one attached hydrogen (secondary N) is 1. The molecule has 0 fully saturated rings. The molecule has 0 aliphatic carbocycles. The molecule has 2 nitrogen and oxygen atoms in total. The molecule has 0 amide bonds. The van der Waals surface area contributed by atoms with Gasteiger partial charge in [0.2, 0.25) is 0 Å². The summed E-state index contributed by atoms with van der Waals surface area (Å²) in [6.07, 6.45) is 0.727. The Balaban J connectivity index is 1.90. The molecule has 3 heteroatoms. The largest absolute Gasteiger partial charge is 0.396 e. The molecule has 0 spiro atoms. The second kappa shape index (κ2) is 5.84. The number of hydrogen-bond donors (Lipinski definition) is 2. The fraction of sp³-hybridized carbons (Fsp3) is 0.286. The SMILES string of the molecule is Cc1ccc(CNc2ccc(CCO)cc2)s1. The summed E-state index contributed by atoms with van der Waals surface area (Å²) < 4.78 is 0. The maximum Gasteiger partial charge on any atom is 0.0494 e. The van der Waals surface area contributed by atoms with Crippen molar-refractivity contribution in [2.75, 3.05) is 11.9 Å². The van der Waals surface area contributed by atoms with Crippen LogP contribution in [-0.2, 0) is 13.0 Å². The van der Waals surface area contributed by atoms with E-state index >= 15 is 0 Å². The smallest absolute Gasteiger partial charge is 0.0494 e. The van der Waals surface area contributed by atoms with Crippen molar-refractivity contribution in [1.82, 2.24) is 0 Å². The van der Waals surface area contributed by atoms with E-state index in [2.05, 4.69) is 48.6 Å². The summed E-state index contributed by atoms with van der Waals surface area (Å²) in [6, 6.07) is 12.5. The van der Waals surface area contributed by atoms with Gasteiger partial charge in [-0.15, -0.1) is 11.3 Å². The summed E-state index contributed by atoms with van der Waals surface area (Å²) in [6.45, 7) is 3.21. The van der Waals surface area contributed by atoms with Crippen molar-refractivity contribution in [3.63, 3.8) is 0 Å². The topological polar surface area (TPSA) is 32.3 Å². The third kappa shape index (κ3) is 3.58. The van der Waals surface area contributed by atoms with Crippen molar-refractivity contribution in [3.8, 4) is 0 Å². The molecule has 0 radical (unpaired) electrons. The number of aryl methyl sites for hydroxylation is 1. The average molecular weight is 247 g/mol. The summed E-state index contributed by atoms with van der Waals surface area (Å²) in [5.74, 6) is 0. The Morgan fingerprint density at radius 1 is 1.12 bits per heavy atom. The van der Waals surface area contributed by atoms with Gasteiger partial charge in [-0.25, -0.2) is 0 Å². The third-order valence-electron chi connectivity index (χ3n) is 2.62. The maximum absolute atomic E-state index is 8.83. The lowest BCUT2D eigenvalue weighted by atomic mass is 10.1. The van der Waals surface area contributed by atoms with Crippen molar-refractivity contribution in [2.45, 2.75) is 19.9 Å². The van der Waals surface area contributed by atoms with Crippen LogP contribution in [0, 0.1) is 6.92 Å². The second-order valence-electron chi connectivity index (χ2n) is 4.04. The lowest BCUT2D eigenvalue weighted by Gasteiger charge is -2.05. The molecule has 1 heterocycles. The molecule has 1 aromatic heterocycles. The Morgan fingerprint density at radius 3 is 2.47 bits per heavy atom. The standard InChI is InChI=1S/C14H17NOS/c1-11-2-7-14(17-11)10-15-13-5-3-12(4-6-13)8-9-16/h2-7,15-16H,8-10H2,1H3. The highest BCUT2D eigenvalue weighted by molar-refractivity contribution is 7.11. The fourth-order valence-electron chi connectivity index (χ4n) is 1.69. The molecule has 0 atom stereocenters. The quantitative estimate of drug-likeness (QED) is 0.850. The lowest BCUT2D eigenvalue weighted by molar-refractivity contribution is 0.299. The minimum Gasteiger partial charge on any atom is -0.396 e. The van der Waals surface area contributed by atoms with Crippen LogP contribution in [0.3, 0.4) is 0 Å². The van der Waals surface area contributed by atoms with Crippen LogP contribution in [0.1, 0.15) is 15.3 Å². The first-order valence-corrected chi connectivity index (χ1v) is 6.58. The van der Waals surface area contributed by atoms with Crippen molar-refractivity contribution in [1.29, 1.82) is 0 Å². The van der Waals surface area contributed by atoms with Gasteiger partial charge in [0.15, 0.2) is 0 Å². The Kier molecular flexibility index (Phi) is 4.18. The van der Waals surface area contributed by atoms with Gasteiger partial charge >= 0.3 is 0 Å². The highest BCUT2D eigenvalue weighted by atomic mass is 32.1. The van der Waals surface area contributed by atoms with Crippen LogP contribution >= 0.6 is 11.3 Å². The van der Waals surface area contributed by atoms with Crippen LogP contribution in [0.4, 0.5) is 5.69 Å². The first-order valence-electron chi connectivity index (χ1n) is 5.77. The summed E-state index contributed by atoms with van der Waals surface area (Å²) in [5, 5.41) is 12.2. The lowest BCUT2D eigenvalue weighted by Crippen LogP contribution is -1.97. The summed E-state index contributed by atoms with van der Waals surface area (Å²) >= 11 is 1.82. The molecule has 0 aliphatic rings. The summed E-state index contributed by atoms with van der Waals surface area (Å²) in [5.41, 5.74) is 2.29. The molecular weight excluding hydrogens is 230 g/mol. The Bertz CT molecular complexity index is 461. The van der Waals surface area contributed by atoms with E-state index in [4.69, 9.17) is 5.11 Å². The number of rotatable bonds is 5. The number of benzene rings is 1. The molecule has 0 bridgehead atoms. The second-order valence-corrected chi connectivity index (χ2v) is 5.41. The van der Waals surface area contributed by atoms with Crippen molar-refractivity contribution in [2.24, 2.45) is 0 Å². The Labute approximate surface area is 106 Å². The Hall–Kier alpha value is -1.32. The van der Waals surface area contributed by atoms with Gasteiger partial charge in [0, 0.05) is 28.6 Å². The molecule has 2 aromatic rings. The number of hydrogen-bond acceptors (Lipinski definition) is 3. The van der Waals surface area contributed by atoms with Crippen molar-refractivity contribution in [3.05, 3.63) is 51.7 Å². The summed E-state index contributed by atoms with van der Waals surface area (Å²) in [4.78, 5) is 2.70. The highest BCUT2D eigenvalue weighted by Gasteiger charge is 1.97. The normalized spacial score (nSPS) is 10.5. The molecule has 90 valence electrons. The maximum atomic E-state index is 8.83. The first kappa shape index (κ1) is 12.1. The predicted octanol–water partition coefficient (Wildman–Crippen LogP) is 3.20. The highest BCUT2D eigenvalue weighted by Crippen LogP contribution is 2.17. The van der Waals surface area contributed by atoms with E-state index in [-0.39, 0.29) is 6.61 Å². The van der Waals surface area contributed by atoms with Crippen LogP contribution in [0.15, 0.2) is 36.4 Å². The van der Waals surface area contributed by atoms with Gasteiger partial charge in [-0.1, -0.05) is 12.1 Å². The molecule has 2 N–H and O–H groups in total. The van der Waals surface area contributed by atoms with Crippen LogP contribution in [-0.4, -0.2) is 11.7 Å². The Morgan fingerprint density at radius 2 is 1.88 bits per heavy atom. The van der Waals surface area contributed by atoms with Crippen molar-refractivity contribution >= 4 is 17.0 Å². The number of aliphatic hydroxyl groups excluding tert-OH is 1. The van der Waals surface area contributed by atoms with Gasteiger partial charge in [-0.3, -0.25) is 0 Å². The van der Waals surface area contributed by atoms with E-state index in [0.29, 0.717) is 0 Å². The van der Waals surface area contributed by atoms with Gasteiger partial charge in [0.1, 0.15) is 0 Å². The monoisotopic (exact) mass is 247 g/mol. The molecule has 0 saturated carbocycles. The van der Waals surface area contributed by atoms with Crippen LogP contribution in [0.2, 0.25) is 0 Å². The molecule has 1 aromatic carbocycles. The number of anilines is 1. The average Bonchev–Trinajstić information content (AvgIpc) is 2.75. The zero-order chi connectivity index (χ0) is 12.1. The van der Waals surface area contributed by atoms with Crippen LogP contribution < -0.4 is 5.32 Å². The fourth-order valence-corrected chi connectivity index (χ4v) is 2.52. The van der Waals surface area contributed by atoms with Gasteiger partial charge in [-0.2, -0.15) is 0 Å². The van der Waals surface area contributed by atoms with Crippen LogP contribution in [0.25, 0.3) is 0 Å². The minimum absolute atomic E-state index is 0.210. The molecule has 17 heavy (non-hydrogen) atoms. The van der Waals surface area contributed by atoms with Crippen molar-refractivity contribution < 1.29 is 5.11 Å². The molecule has 0 aliphatic heterocycles. The third-order valence-corrected chi connectivity index (χ3v) is 3.62. The zero-order valence-corrected chi connectivity index (χ0v) is 10.8. The van der Waals surface area contributed by atoms with Gasteiger partial charge in [-0.05, 0) is 43.2 Å². The van der Waals surface area contributed by atoms with E-state index in [9.17, 15) is 0 Å². The molecule has 2 rings (SSSR count).